The molecule has 9 nitrogen and oxygen atoms in total. The van der Waals surface area contributed by atoms with Gasteiger partial charge >= 0.3 is 0 Å². The summed E-state index contributed by atoms with van der Waals surface area (Å²) >= 11 is 0. The van der Waals surface area contributed by atoms with E-state index in [9.17, 15) is 8.42 Å². The molecule has 0 aliphatic heterocycles. The molecule has 0 aliphatic rings. The first-order valence-electron chi connectivity index (χ1n) is 10.6. The number of aromatic nitrogens is 4. The average molecular weight is 485 g/mol. The summed E-state index contributed by atoms with van der Waals surface area (Å²) in [6.07, 6.45) is 9.09. The Kier molecular flexibility index (Phi) is 5.94. The molecule has 0 aliphatic carbocycles. The van der Waals surface area contributed by atoms with Gasteiger partial charge in [0.15, 0.2) is 0 Å². The van der Waals surface area contributed by atoms with Crippen molar-refractivity contribution in [1.29, 1.82) is 0 Å². The zero-order valence-electron chi connectivity index (χ0n) is 18.6. The summed E-state index contributed by atoms with van der Waals surface area (Å²) in [4.78, 5) is 16.9. The van der Waals surface area contributed by atoms with Crippen molar-refractivity contribution < 1.29 is 13.2 Å². The molecule has 0 radical (unpaired) electrons. The Morgan fingerprint density at radius 1 is 0.771 bits per heavy atom. The Morgan fingerprint density at radius 3 is 2.31 bits per heavy atom. The molecular weight excluding hydrogens is 464 g/mol. The standard InChI is InChI=1S/C25H20N6O3S/c1-35(32,33)31-20-12-18(14-27-15-20)17-2-7-24-23(13-17)25(29-16-28-24)30-19-3-5-21(6-4-19)34-22-8-10-26-11-9-22/h2-16,31H,1H3,(H,28,29,30). The van der Waals surface area contributed by atoms with Gasteiger partial charge in [-0.2, -0.15) is 0 Å². The van der Waals surface area contributed by atoms with Crippen molar-refractivity contribution in [2.75, 3.05) is 16.3 Å². The number of hydrogen-bond donors (Lipinski definition) is 2. The number of rotatable bonds is 7. The summed E-state index contributed by atoms with van der Waals surface area (Å²) in [6, 6.07) is 18.6. The smallest absolute Gasteiger partial charge is 0.229 e. The molecule has 35 heavy (non-hydrogen) atoms. The molecule has 0 saturated heterocycles. The highest BCUT2D eigenvalue weighted by molar-refractivity contribution is 7.92. The number of anilines is 3. The van der Waals surface area contributed by atoms with E-state index in [1.54, 1.807) is 36.8 Å². The van der Waals surface area contributed by atoms with E-state index < -0.39 is 10.0 Å². The summed E-state index contributed by atoms with van der Waals surface area (Å²) in [5.41, 5.74) is 3.59. The Morgan fingerprint density at radius 2 is 1.54 bits per heavy atom. The lowest BCUT2D eigenvalue weighted by molar-refractivity contribution is 0.482. The normalized spacial score (nSPS) is 11.2. The molecule has 5 aromatic rings. The van der Waals surface area contributed by atoms with E-state index in [2.05, 4.69) is 30.0 Å². The summed E-state index contributed by atoms with van der Waals surface area (Å²) in [5.74, 6) is 2.05. The minimum absolute atomic E-state index is 0.391. The van der Waals surface area contributed by atoms with Gasteiger partial charge in [-0.25, -0.2) is 18.4 Å². The van der Waals surface area contributed by atoms with E-state index in [1.807, 2.05) is 42.5 Å². The number of ether oxygens (including phenoxy) is 1. The molecule has 5 rings (SSSR count). The first kappa shape index (κ1) is 22.2. The molecule has 0 spiro atoms. The Balaban J connectivity index is 1.41. The van der Waals surface area contributed by atoms with Crippen molar-refractivity contribution in [3.63, 3.8) is 0 Å². The van der Waals surface area contributed by atoms with Crippen LogP contribution < -0.4 is 14.8 Å². The highest BCUT2D eigenvalue weighted by Crippen LogP contribution is 2.30. The molecule has 2 aromatic carbocycles. The molecule has 0 fully saturated rings. The van der Waals surface area contributed by atoms with Crippen LogP contribution >= 0.6 is 0 Å². The zero-order valence-corrected chi connectivity index (χ0v) is 19.4. The maximum absolute atomic E-state index is 11.6. The summed E-state index contributed by atoms with van der Waals surface area (Å²) in [6.45, 7) is 0. The fourth-order valence-corrected chi connectivity index (χ4v) is 4.03. The average Bonchev–Trinajstić information content (AvgIpc) is 2.85. The third-order valence-corrected chi connectivity index (χ3v) is 5.62. The van der Waals surface area contributed by atoms with Gasteiger partial charge in [0.2, 0.25) is 10.0 Å². The topological polar surface area (TPSA) is 119 Å². The van der Waals surface area contributed by atoms with E-state index in [0.717, 1.165) is 34.0 Å². The van der Waals surface area contributed by atoms with Crippen LogP contribution in [-0.2, 0) is 10.0 Å². The highest BCUT2D eigenvalue weighted by Gasteiger charge is 2.09. The largest absolute Gasteiger partial charge is 0.457 e. The summed E-state index contributed by atoms with van der Waals surface area (Å²) < 4.78 is 31.4. The van der Waals surface area contributed by atoms with Crippen LogP contribution in [0.15, 0.2) is 91.8 Å². The molecule has 2 N–H and O–H groups in total. The van der Waals surface area contributed by atoms with Crippen LogP contribution in [0.2, 0.25) is 0 Å². The number of nitrogens with zero attached hydrogens (tertiary/aromatic N) is 4. The molecule has 0 bridgehead atoms. The van der Waals surface area contributed by atoms with Gasteiger partial charge in [0, 0.05) is 35.2 Å². The van der Waals surface area contributed by atoms with Crippen LogP contribution in [0.3, 0.4) is 0 Å². The third-order valence-electron chi connectivity index (χ3n) is 5.01. The molecule has 0 amide bonds. The molecule has 0 saturated carbocycles. The highest BCUT2D eigenvalue weighted by atomic mass is 32.2. The van der Waals surface area contributed by atoms with Crippen molar-refractivity contribution in [1.82, 2.24) is 19.9 Å². The fourth-order valence-electron chi connectivity index (χ4n) is 3.49. The van der Waals surface area contributed by atoms with Gasteiger partial charge in [0.1, 0.15) is 23.6 Å². The Labute approximate surface area is 202 Å². The molecule has 3 heterocycles. The number of fused-ring (bicyclic) bond motifs is 1. The quantitative estimate of drug-likeness (QED) is 0.331. The molecular formula is C25H20N6O3S. The van der Waals surface area contributed by atoms with Crippen LogP contribution in [0, 0.1) is 0 Å². The second-order valence-electron chi connectivity index (χ2n) is 7.73. The van der Waals surface area contributed by atoms with Crippen LogP contribution in [0.4, 0.5) is 17.2 Å². The predicted octanol–water partition coefficient (Wildman–Crippen LogP) is 4.99. The maximum Gasteiger partial charge on any atom is 0.229 e. The summed E-state index contributed by atoms with van der Waals surface area (Å²) in [7, 11) is -3.40. The predicted molar refractivity (Wildman–Crippen MR) is 135 cm³/mol. The van der Waals surface area contributed by atoms with Gasteiger partial charge in [-0.3, -0.25) is 14.7 Å². The molecule has 0 unspecified atom stereocenters. The SMILES string of the molecule is CS(=O)(=O)Nc1cncc(-c2ccc3ncnc(Nc4ccc(Oc5ccncc5)cc4)c3c2)c1. The maximum atomic E-state index is 11.6. The molecule has 10 heteroatoms. The minimum atomic E-state index is -3.40. The number of sulfonamides is 1. The number of hydrogen-bond acceptors (Lipinski definition) is 8. The lowest BCUT2D eigenvalue weighted by atomic mass is 10.0. The van der Waals surface area contributed by atoms with Gasteiger partial charge in [0.05, 0.1) is 23.7 Å². The minimum Gasteiger partial charge on any atom is -0.457 e. The van der Waals surface area contributed by atoms with E-state index in [4.69, 9.17) is 4.74 Å². The number of pyridine rings is 2. The second kappa shape index (κ2) is 9.35. The lowest BCUT2D eigenvalue weighted by Gasteiger charge is -2.11. The first-order chi connectivity index (χ1) is 16.9. The van der Waals surface area contributed by atoms with E-state index in [0.29, 0.717) is 23.0 Å². The second-order valence-corrected chi connectivity index (χ2v) is 9.47. The van der Waals surface area contributed by atoms with E-state index in [1.165, 1.54) is 12.5 Å². The van der Waals surface area contributed by atoms with Crippen molar-refractivity contribution in [2.24, 2.45) is 0 Å². The van der Waals surface area contributed by atoms with Gasteiger partial charge < -0.3 is 10.1 Å². The van der Waals surface area contributed by atoms with E-state index >= 15 is 0 Å². The number of benzene rings is 2. The van der Waals surface area contributed by atoms with Crippen LogP contribution in [0.5, 0.6) is 11.5 Å². The van der Waals surface area contributed by atoms with Crippen LogP contribution in [0.25, 0.3) is 22.0 Å². The lowest BCUT2D eigenvalue weighted by Crippen LogP contribution is -2.09. The third kappa shape index (κ3) is 5.50. The molecule has 3 aromatic heterocycles. The monoisotopic (exact) mass is 484 g/mol. The van der Waals surface area contributed by atoms with Gasteiger partial charge in [-0.15, -0.1) is 0 Å². The van der Waals surface area contributed by atoms with E-state index in [-0.39, 0.29) is 0 Å². The van der Waals surface area contributed by atoms with Crippen molar-refractivity contribution >= 4 is 38.1 Å². The van der Waals surface area contributed by atoms with Crippen LogP contribution in [0.1, 0.15) is 0 Å². The van der Waals surface area contributed by atoms with Crippen molar-refractivity contribution in [3.8, 4) is 22.6 Å². The van der Waals surface area contributed by atoms with Gasteiger partial charge in [-0.1, -0.05) is 6.07 Å². The van der Waals surface area contributed by atoms with Gasteiger partial charge in [-0.05, 0) is 60.2 Å². The Hall–Kier alpha value is -4.57. The molecule has 174 valence electrons. The fraction of sp³-hybridized carbons (Fsp3) is 0.0400. The summed E-state index contributed by atoms with van der Waals surface area (Å²) in [5, 5.41) is 4.14. The van der Waals surface area contributed by atoms with Crippen molar-refractivity contribution in [3.05, 3.63) is 91.8 Å². The Bertz CT molecular complexity index is 1590. The first-order valence-corrected chi connectivity index (χ1v) is 12.4. The van der Waals surface area contributed by atoms with Crippen LogP contribution in [-0.4, -0.2) is 34.6 Å². The van der Waals surface area contributed by atoms with Gasteiger partial charge in [0.25, 0.3) is 0 Å². The molecule has 0 atom stereocenters. The van der Waals surface area contributed by atoms with Crippen molar-refractivity contribution in [2.45, 2.75) is 0 Å². The number of nitrogens with one attached hydrogen (secondary N) is 2. The zero-order chi connectivity index (χ0) is 24.3.